The van der Waals surface area contributed by atoms with Gasteiger partial charge in [0, 0.05) is 5.69 Å². The molecule has 21 heavy (non-hydrogen) atoms. The summed E-state index contributed by atoms with van der Waals surface area (Å²) in [6.07, 6.45) is 3.63. The maximum Gasteiger partial charge on any atom is 0.246 e. The second kappa shape index (κ2) is 6.26. The maximum absolute atomic E-state index is 11.4. The van der Waals surface area contributed by atoms with Gasteiger partial charge in [0.1, 0.15) is 0 Å². The van der Waals surface area contributed by atoms with E-state index in [1.807, 2.05) is 17.0 Å². The molecule has 2 aliphatic rings. The van der Waals surface area contributed by atoms with E-state index in [-0.39, 0.29) is 24.9 Å². The van der Waals surface area contributed by atoms with Gasteiger partial charge in [0.05, 0.1) is 13.1 Å². The number of amides is 2. The first-order valence-corrected chi connectivity index (χ1v) is 7.58. The lowest BCUT2D eigenvalue weighted by Crippen LogP contribution is -2.51. The van der Waals surface area contributed by atoms with Crippen molar-refractivity contribution < 1.29 is 9.59 Å². The summed E-state index contributed by atoms with van der Waals surface area (Å²) in [5.74, 6) is 0.249. The Balaban J connectivity index is 1.63. The van der Waals surface area contributed by atoms with E-state index in [0.29, 0.717) is 5.92 Å². The van der Waals surface area contributed by atoms with E-state index in [9.17, 15) is 9.59 Å². The molecule has 5 heteroatoms. The summed E-state index contributed by atoms with van der Waals surface area (Å²) >= 11 is 0. The fraction of sp³-hybridized carbons (Fsp3) is 0.500. The van der Waals surface area contributed by atoms with Crippen molar-refractivity contribution in [2.45, 2.75) is 19.3 Å². The number of hydrogen-bond acceptors (Lipinski definition) is 4. The summed E-state index contributed by atoms with van der Waals surface area (Å²) in [6, 6.07) is 8.25. The molecule has 1 aromatic carbocycles. The van der Waals surface area contributed by atoms with Gasteiger partial charge in [-0.2, -0.15) is 0 Å². The van der Waals surface area contributed by atoms with Gasteiger partial charge in [0.25, 0.3) is 0 Å². The van der Waals surface area contributed by atoms with Crippen molar-refractivity contribution in [3.63, 3.8) is 0 Å². The van der Waals surface area contributed by atoms with Crippen LogP contribution >= 0.6 is 0 Å². The highest BCUT2D eigenvalue weighted by Gasteiger charge is 2.22. The molecule has 0 spiro atoms. The Hall–Kier alpha value is -1.88. The molecule has 5 nitrogen and oxygen atoms in total. The average Bonchev–Trinajstić information content (AvgIpc) is 2.48. The fourth-order valence-electron chi connectivity index (χ4n) is 3.09. The first-order valence-electron chi connectivity index (χ1n) is 7.58. The third-order valence-corrected chi connectivity index (χ3v) is 4.17. The Morgan fingerprint density at radius 1 is 1.10 bits per heavy atom. The Morgan fingerprint density at radius 2 is 1.81 bits per heavy atom. The molecule has 0 aliphatic carbocycles. The van der Waals surface area contributed by atoms with E-state index < -0.39 is 0 Å². The van der Waals surface area contributed by atoms with Crippen molar-refractivity contribution >= 4 is 17.5 Å². The molecule has 2 fully saturated rings. The van der Waals surface area contributed by atoms with Crippen LogP contribution in [0.5, 0.6) is 0 Å². The van der Waals surface area contributed by atoms with Crippen molar-refractivity contribution in [2.75, 3.05) is 31.1 Å². The van der Waals surface area contributed by atoms with Gasteiger partial charge in [-0.1, -0.05) is 12.1 Å². The van der Waals surface area contributed by atoms with E-state index in [4.69, 9.17) is 0 Å². The van der Waals surface area contributed by atoms with Crippen LogP contribution in [0.25, 0.3) is 0 Å². The molecule has 2 aliphatic heterocycles. The number of nitrogens with one attached hydrogen (secondary N) is 2. The number of carbonyl (C=O) groups excluding carboxylic acids is 2. The van der Waals surface area contributed by atoms with Gasteiger partial charge in [-0.25, -0.2) is 0 Å². The quantitative estimate of drug-likeness (QED) is 0.803. The Morgan fingerprint density at radius 3 is 2.43 bits per heavy atom. The zero-order valence-corrected chi connectivity index (χ0v) is 12.1. The predicted molar refractivity (Wildman–Crippen MR) is 81.1 cm³/mol. The van der Waals surface area contributed by atoms with E-state index in [2.05, 4.69) is 22.8 Å². The molecule has 3 rings (SSSR count). The molecule has 1 unspecified atom stereocenters. The minimum absolute atomic E-state index is 0.233. The van der Waals surface area contributed by atoms with Crippen LogP contribution in [0, 0.1) is 5.92 Å². The Kier molecular flexibility index (Phi) is 4.20. The molecule has 2 saturated heterocycles. The van der Waals surface area contributed by atoms with Crippen LogP contribution in [0.15, 0.2) is 24.3 Å². The summed E-state index contributed by atoms with van der Waals surface area (Å²) in [5.41, 5.74) is 2.25. The van der Waals surface area contributed by atoms with Crippen molar-refractivity contribution in [2.24, 2.45) is 5.92 Å². The molecular weight excluding hydrogens is 266 g/mol. The highest BCUT2D eigenvalue weighted by molar-refractivity contribution is 6.02. The topological polar surface area (TPSA) is 61.4 Å². The summed E-state index contributed by atoms with van der Waals surface area (Å²) in [4.78, 5) is 24.6. The monoisotopic (exact) mass is 287 g/mol. The van der Waals surface area contributed by atoms with Crippen molar-refractivity contribution in [3.05, 3.63) is 29.8 Å². The summed E-state index contributed by atoms with van der Waals surface area (Å²) in [6.45, 7) is 2.73. The number of piperidine rings is 1. The smallest absolute Gasteiger partial charge is 0.246 e. The molecule has 112 valence electrons. The van der Waals surface area contributed by atoms with Crippen LogP contribution < -0.4 is 15.5 Å². The second-order valence-electron chi connectivity index (χ2n) is 5.91. The third-order valence-electron chi connectivity index (χ3n) is 4.17. The molecule has 2 N–H and O–H groups in total. The number of nitrogens with zero attached hydrogens (tertiary/aromatic N) is 1. The molecule has 1 aromatic rings. The Bertz CT molecular complexity index is 505. The molecule has 1 atom stereocenters. The second-order valence-corrected chi connectivity index (χ2v) is 5.91. The average molecular weight is 287 g/mol. The van der Waals surface area contributed by atoms with Gasteiger partial charge in [0.2, 0.25) is 11.8 Å². The van der Waals surface area contributed by atoms with Gasteiger partial charge in [0.15, 0.2) is 0 Å². The van der Waals surface area contributed by atoms with E-state index in [1.54, 1.807) is 0 Å². The van der Waals surface area contributed by atoms with Gasteiger partial charge >= 0.3 is 0 Å². The summed E-state index contributed by atoms with van der Waals surface area (Å²) in [7, 11) is 0. The largest absolute Gasteiger partial charge is 0.353 e. The number of anilines is 1. The van der Waals surface area contributed by atoms with Crippen molar-refractivity contribution in [1.82, 2.24) is 10.6 Å². The highest BCUT2D eigenvalue weighted by Crippen LogP contribution is 2.20. The van der Waals surface area contributed by atoms with Crippen LogP contribution in [-0.4, -0.2) is 38.0 Å². The molecule has 0 saturated carbocycles. The lowest BCUT2D eigenvalue weighted by molar-refractivity contribution is -0.130. The van der Waals surface area contributed by atoms with Crippen LogP contribution in [0.3, 0.4) is 0 Å². The van der Waals surface area contributed by atoms with Crippen LogP contribution in [-0.2, 0) is 16.0 Å². The van der Waals surface area contributed by atoms with Gasteiger partial charge < -0.3 is 10.2 Å². The summed E-state index contributed by atoms with van der Waals surface area (Å²) < 4.78 is 0. The first-order chi connectivity index (χ1) is 10.2. The van der Waals surface area contributed by atoms with Gasteiger partial charge in [-0.15, -0.1) is 0 Å². The number of hydrogen-bond donors (Lipinski definition) is 2. The summed E-state index contributed by atoms with van der Waals surface area (Å²) in [5, 5.41) is 5.76. The molecule has 0 radical (unpaired) electrons. The fourth-order valence-corrected chi connectivity index (χ4v) is 3.09. The number of rotatable bonds is 3. The maximum atomic E-state index is 11.4. The predicted octanol–water partition coefficient (Wildman–Crippen LogP) is 0.691. The first kappa shape index (κ1) is 14.1. The van der Waals surface area contributed by atoms with Crippen LogP contribution in [0.2, 0.25) is 0 Å². The molecule has 0 bridgehead atoms. The Labute approximate surface area is 124 Å². The zero-order chi connectivity index (χ0) is 14.7. The van der Waals surface area contributed by atoms with E-state index >= 15 is 0 Å². The van der Waals surface area contributed by atoms with Crippen LogP contribution in [0.1, 0.15) is 18.4 Å². The number of piperazine rings is 1. The molecule has 0 aromatic heterocycles. The minimum Gasteiger partial charge on any atom is -0.353 e. The standard InChI is InChI=1S/C16H21N3O2/c20-15-10-19(11-16(21)18-15)14-5-3-12(4-6-14)8-13-2-1-7-17-9-13/h3-6,13,17H,1-2,7-11H2,(H,18,20,21). The molecule has 2 amide bonds. The molecular formula is C16H21N3O2. The van der Waals surface area contributed by atoms with E-state index in [1.165, 1.54) is 18.4 Å². The SMILES string of the molecule is O=C1CN(c2ccc(CC3CCCNC3)cc2)CC(=O)N1. The van der Waals surface area contributed by atoms with Crippen LogP contribution in [0.4, 0.5) is 5.69 Å². The normalized spacial score (nSPS) is 23.0. The lowest BCUT2D eigenvalue weighted by Gasteiger charge is -2.27. The van der Waals surface area contributed by atoms with Gasteiger partial charge in [-0.05, 0) is 56.0 Å². The zero-order valence-electron chi connectivity index (χ0n) is 12.1. The highest BCUT2D eigenvalue weighted by atomic mass is 16.2. The minimum atomic E-state index is -0.233. The van der Waals surface area contributed by atoms with Gasteiger partial charge in [-0.3, -0.25) is 14.9 Å². The number of imide groups is 1. The van der Waals surface area contributed by atoms with Crippen molar-refractivity contribution in [1.29, 1.82) is 0 Å². The van der Waals surface area contributed by atoms with Crippen molar-refractivity contribution in [3.8, 4) is 0 Å². The molecule has 2 heterocycles. The lowest BCUT2D eigenvalue weighted by atomic mass is 9.92. The number of benzene rings is 1. The van der Waals surface area contributed by atoms with E-state index in [0.717, 1.165) is 25.2 Å². The third kappa shape index (κ3) is 3.61. The number of carbonyl (C=O) groups is 2.